The van der Waals surface area contributed by atoms with Gasteiger partial charge < -0.3 is 19.9 Å². The zero-order valence-electron chi connectivity index (χ0n) is 12.7. The van der Waals surface area contributed by atoms with E-state index in [1.165, 1.54) is 0 Å². The van der Waals surface area contributed by atoms with Crippen LogP contribution in [0.5, 0.6) is 17.2 Å². The van der Waals surface area contributed by atoms with Gasteiger partial charge in [0.05, 0.1) is 20.3 Å². The minimum absolute atomic E-state index is 0.0562. The molecular weight excluding hydrogens is 242 g/mol. The molecule has 108 valence electrons. The molecule has 1 aromatic rings. The van der Waals surface area contributed by atoms with Gasteiger partial charge in [-0.2, -0.15) is 0 Å². The van der Waals surface area contributed by atoms with Crippen LogP contribution in [0.15, 0.2) is 12.1 Å². The van der Waals surface area contributed by atoms with E-state index < -0.39 is 0 Å². The van der Waals surface area contributed by atoms with E-state index in [-0.39, 0.29) is 11.6 Å². The maximum absolute atomic E-state index is 6.10. The smallest absolute Gasteiger partial charge is 0.203 e. The molecule has 4 nitrogen and oxygen atoms in total. The Morgan fingerprint density at radius 2 is 1.74 bits per heavy atom. The summed E-state index contributed by atoms with van der Waals surface area (Å²) in [5.74, 6) is 2.00. The molecule has 0 aromatic heterocycles. The summed E-state index contributed by atoms with van der Waals surface area (Å²) in [4.78, 5) is 0. The van der Waals surface area contributed by atoms with Gasteiger partial charge in [0.25, 0.3) is 0 Å². The summed E-state index contributed by atoms with van der Waals surface area (Å²) in [6.45, 7) is 7.94. The average Bonchev–Trinajstić information content (AvgIpc) is 2.28. The van der Waals surface area contributed by atoms with Crippen molar-refractivity contribution in [1.29, 1.82) is 0 Å². The molecule has 0 saturated carbocycles. The molecule has 4 heteroatoms. The highest BCUT2D eigenvalue weighted by molar-refractivity contribution is 5.56. The molecule has 1 aromatic carbocycles. The van der Waals surface area contributed by atoms with Crippen LogP contribution >= 0.6 is 0 Å². The summed E-state index contributed by atoms with van der Waals surface area (Å²) < 4.78 is 16.6. The second-order valence-corrected chi connectivity index (χ2v) is 5.62. The van der Waals surface area contributed by atoms with E-state index in [4.69, 9.17) is 19.9 Å². The number of benzene rings is 1. The maximum atomic E-state index is 6.10. The summed E-state index contributed by atoms with van der Waals surface area (Å²) in [5.41, 5.74) is 6.82. The van der Waals surface area contributed by atoms with Crippen LogP contribution in [0.2, 0.25) is 0 Å². The van der Waals surface area contributed by atoms with Crippen molar-refractivity contribution in [3.63, 3.8) is 0 Å². The van der Waals surface area contributed by atoms with Gasteiger partial charge in [0, 0.05) is 11.1 Å². The first-order valence-electron chi connectivity index (χ1n) is 6.48. The zero-order chi connectivity index (χ0) is 14.6. The van der Waals surface area contributed by atoms with E-state index in [1.54, 1.807) is 14.2 Å². The Kier molecular flexibility index (Phi) is 5.06. The van der Waals surface area contributed by atoms with Crippen LogP contribution in [0.1, 0.15) is 33.3 Å². The van der Waals surface area contributed by atoms with Crippen LogP contribution in [0, 0.1) is 0 Å². The molecule has 0 spiro atoms. The summed E-state index contributed by atoms with van der Waals surface area (Å²) >= 11 is 0. The predicted octanol–water partition coefficient (Wildman–Crippen LogP) is 2.77. The lowest BCUT2D eigenvalue weighted by atomic mass is 9.95. The number of methoxy groups -OCH3 is 2. The van der Waals surface area contributed by atoms with Gasteiger partial charge in [-0.05, 0) is 40.2 Å². The predicted molar refractivity (Wildman–Crippen MR) is 77.3 cm³/mol. The van der Waals surface area contributed by atoms with Gasteiger partial charge in [0.1, 0.15) is 0 Å². The fraction of sp³-hybridized carbons (Fsp3) is 0.600. The molecule has 0 heterocycles. The molecule has 2 N–H and O–H groups in total. The molecule has 0 unspecified atom stereocenters. The van der Waals surface area contributed by atoms with Crippen LogP contribution in [0.3, 0.4) is 0 Å². The molecule has 0 radical (unpaired) electrons. The van der Waals surface area contributed by atoms with Crippen molar-refractivity contribution in [1.82, 2.24) is 0 Å². The first-order valence-corrected chi connectivity index (χ1v) is 6.48. The van der Waals surface area contributed by atoms with Gasteiger partial charge in [-0.15, -0.1) is 0 Å². The molecule has 19 heavy (non-hydrogen) atoms. The minimum Gasteiger partial charge on any atom is -0.493 e. The Labute approximate surface area is 115 Å². The SMILES string of the molecule is COc1ccc(CC(C)(C)N)c(OC(C)C)c1OC. The van der Waals surface area contributed by atoms with Crippen molar-refractivity contribution in [2.24, 2.45) is 5.73 Å². The normalized spacial score (nSPS) is 11.6. The quantitative estimate of drug-likeness (QED) is 0.861. The second-order valence-electron chi connectivity index (χ2n) is 5.62. The van der Waals surface area contributed by atoms with Crippen molar-refractivity contribution >= 4 is 0 Å². The number of ether oxygens (including phenoxy) is 3. The Bertz CT molecular complexity index is 422. The van der Waals surface area contributed by atoms with Gasteiger partial charge in [-0.1, -0.05) is 6.07 Å². The zero-order valence-corrected chi connectivity index (χ0v) is 12.7. The van der Waals surface area contributed by atoms with Gasteiger partial charge in [0.15, 0.2) is 11.5 Å². The molecule has 0 atom stereocenters. The number of rotatable bonds is 6. The van der Waals surface area contributed by atoms with Crippen LogP contribution in [0.4, 0.5) is 0 Å². The van der Waals surface area contributed by atoms with Crippen LogP contribution < -0.4 is 19.9 Å². The Morgan fingerprint density at radius 1 is 1.11 bits per heavy atom. The van der Waals surface area contributed by atoms with E-state index in [2.05, 4.69) is 0 Å². The van der Waals surface area contributed by atoms with Crippen molar-refractivity contribution in [2.45, 2.75) is 45.8 Å². The van der Waals surface area contributed by atoms with E-state index in [0.29, 0.717) is 17.9 Å². The number of hydrogen-bond donors (Lipinski definition) is 1. The Balaban J connectivity index is 3.29. The van der Waals surface area contributed by atoms with Crippen molar-refractivity contribution in [3.05, 3.63) is 17.7 Å². The topological polar surface area (TPSA) is 53.7 Å². The first kappa shape index (κ1) is 15.6. The molecular formula is C15H25NO3. The lowest BCUT2D eigenvalue weighted by Crippen LogP contribution is -2.34. The van der Waals surface area contributed by atoms with E-state index in [9.17, 15) is 0 Å². The third-order valence-corrected chi connectivity index (χ3v) is 2.58. The molecule has 0 amide bonds. The fourth-order valence-electron chi connectivity index (χ4n) is 1.93. The van der Waals surface area contributed by atoms with Gasteiger partial charge in [-0.25, -0.2) is 0 Å². The van der Waals surface area contributed by atoms with Crippen LogP contribution in [-0.4, -0.2) is 25.9 Å². The first-order chi connectivity index (χ1) is 8.78. The standard InChI is InChI=1S/C15H25NO3/c1-10(2)19-13-11(9-15(3,4)16)7-8-12(17-5)14(13)18-6/h7-8,10H,9,16H2,1-6H3. The fourth-order valence-corrected chi connectivity index (χ4v) is 1.93. The monoisotopic (exact) mass is 267 g/mol. The highest BCUT2D eigenvalue weighted by Gasteiger charge is 2.21. The molecule has 0 aliphatic rings. The molecule has 0 fully saturated rings. The average molecular weight is 267 g/mol. The van der Waals surface area contributed by atoms with E-state index in [0.717, 1.165) is 11.3 Å². The number of nitrogens with two attached hydrogens (primary N) is 1. The largest absolute Gasteiger partial charge is 0.493 e. The highest BCUT2D eigenvalue weighted by atomic mass is 16.5. The van der Waals surface area contributed by atoms with E-state index >= 15 is 0 Å². The third-order valence-electron chi connectivity index (χ3n) is 2.58. The van der Waals surface area contributed by atoms with Crippen molar-refractivity contribution < 1.29 is 14.2 Å². The van der Waals surface area contributed by atoms with Gasteiger partial charge >= 0.3 is 0 Å². The lowest BCUT2D eigenvalue weighted by Gasteiger charge is -2.24. The number of hydrogen-bond acceptors (Lipinski definition) is 4. The molecule has 0 aliphatic heterocycles. The van der Waals surface area contributed by atoms with Crippen LogP contribution in [0.25, 0.3) is 0 Å². The summed E-state index contributed by atoms with van der Waals surface area (Å²) in [6.07, 6.45) is 0.760. The molecule has 0 aliphatic carbocycles. The minimum atomic E-state index is -0.311. The third kappa shape index (κ3) is 4.31. The molecule has 0 bridgehead atoms. The Morgan fingerprint density at radius 3 is 2.16 bits per heavy atom. The summed E-state index contributed by atoms with van der Waals surface area (Å²) in [6, 6.07) is 3.86. The van der Waals surface area contributed by atoms with E-state index in [1.807, 2.05) is 39.8 Å². The second kappa shape index (κ2) is 6.15. The van der Waals surface area contributed by atoms with Crippen LogP contribution in [-0.2, 0) is 6.42 Å². The molecule has 1 rings (SSSR count). The lowest BCUT2D eigenvalue weighted by molar-refractivity contribution is 0.223. The summed E-state index contributed by atoms with van der Waals surface area (Å²) in [7, 11) is 3.23. The summed E-state index contributed by atoms with van der Waals surface area (Å²) in [5, 5.41) is 0. The maximum Gasteiger partial charge on any atom is 0.203 e. The Hall–Kier alpha value is -1.42. The van der Waals surface area contributed by atoms with Gasteiger partial charge in [-0.3, -0.25) is 0 Å². The van der Waals surface area contributed by atoms with Crippen molar-refractivity contribution in [2.75, 3.05) is 14.2 Å². The molecule has 0 saturated heterocycles. The highest BCUT2D eigenvalue weighted by Crippen LogP contribution is 2.41. The van der Waals surface area contributed by atoms with Gasteiger partial charge in [0.2, 0.25) is 5.75 Å². The van der Waals surface area contributed by atoms with Crippen molar-refractivity contribution in [3.8, 4) is 17.2 Å².